The molecule has 1 aromatic heterocycles. The maximum Gasteiger partial charge on any atom is 0.328 e. The molecule has 0 fully saturated rings. The quantitative estimate of drug-likeness (QED) is 0.803. The number of benzene rings is 2. The van der Waals surface area contributed by atoms with Crippen molar-refractivity contribution >= 4 is 16.9 Å². The minimum absolute atomic E-state index is 0.0903. The van der Waals surface area contributed by atoms with E-state index >= 15 is 0 Å². The van der Waals surface area contributed by atoms with Gasteiger partial charge in [0.1, 0.15) is 5.82 Å². The normalized spacial score (nSPS) is 10.9. The summed E-state index contributed by atoms with van der Waals surface area (Å²) in [6.07, 6.45) is 0. The van der Waals surface area contributed by atoms with Crippen LogP contribution >= 0.6 is 0 Å². The average Bonchev–Trinajstić information content (AvgIpc) is 2.77. The van der Waals surface area contributed by atoms with Crippen LogP contribution in [0.2, 0.25) is 0 Å². The molecule has 0 bridgehead atoms. The van der Waals surface area contributed by atoms with E-state index in [0.717, 1.165) is 16.6 Å². The smallest absolute Gasteiger partial charge is 0.328 e. The van der Waals surface area contributed by atoms with Crippen molar-refractivity contribution in [2.75, 3.05) is 0 Å². The Morgan fingerprint density at radius 1 is 1.04 bits per heavy atom. The van der Waals surface area contributed by atoms with Gasteiger partial charge in [0.05, 0.1) is 11.0 Å². The van der Waals surface area contributed by atoms with E-state index in [1.807, 2.05) is 18.2 Å². The molecule has 118 valence electrons. The number of halogens is 1. The molecule has 0 aliphatic rings. The molecule has 3 aromatic rings. The van der Waals surface area contributed by atoms with Crippen molar-refractivity contribution in [2.45, 2.75) is 6.54 Å². The number of aromatic nitrogens is 2. The minimum atomic E-state index is -0.378. The first kappa shape index (κ1) is 15.0. The van der Waals surface area contributed by atoms with E-state index in [1.165, 1.54) is 24.3 Å². The molecule has 2 aromatic carbocycles. The number of nitrogens with one attached hydrogen (secondary N) is 1. The van der Waals surface area contributed by atoms with E-state index in [9.17, 15) is 14.0 Å². The van der Waals surface area contributed by atoms with Crippen LogP contribution in [0.25, 0.3) is 11.0 Å². The zero-order valence-electron chi connectivity index (χ0n) is 12.8. The van der Waals surface area contributed by atoms with Crippen molar-refractivity contribution in [1.82, 2.24) is 14.5 Å². The van der Waals surface area contributed by atoms with Gasteiger partial charge < -0.3 is 5.32 Å². The van der Waals surface area contributed by atoms with Crippen molar-refractivity contribution in [3.63, 3.8) is 0 Å². The Balaban J connectivity index is 1.79. The molecule has 0 saturated carbocycles. The second-order valence-corrected chi connectivity index (χ2v) is 5.41. The summed E-state index contributed by atoms with van der Waals surface area (Å²) >= 11 is 0. The summed E-state index contributed by atoms with van der Waals surface area (Å²) in [5, 5.41) is 2.78. The molecule has 0 radical (unpaired) electrons. The first-order chi connectivity index (χ1) is 11.0. The lowest BCUT2D eigenvalue weighted by molar-refractivity contribution is 0.0951. The summed E-state index contributed by atoms with van der Waals surface area (Å²) in [7, 11) is 3.44. The summed E-state index contributed by atoms with van der Waals surface area (Å²) in [5.41, 5.74) is 2.85. The molecule has 0 aliphatic heterocycles. The number of hydrogen-bond donors (Lipinski definition) is 1. The highest BCUT2D eigenvalue weighted by molar-refractivity contribution is 5.94. The van der Waals surface area contributed by atoms with Gasteiger partial charge in [0.25, 0.3) is 5.91 Å². The maximum atomic E-state index is 12.9. The van der Waals surface area contributed by atoms with E-state index in [1.54, 1.807) is 23.2 Å². The van der Waals surface area contributed by atoms with E-state index in [2.05, 4.69) is 5.32 Å². The summed E-state index contributed by atoms with van der Waals surface area (Å²) in [5.74, 6) is -0.649. The molecular formula is C17H16FN3O2. The molecule has 5 nitrogen and oxygen atoms in total. The Labute approximate surface area is 132 Å². The van der Waals surface area contributed by atoms with E-state index in [0.29, 0.717) is 12.1 Å². The number of rotatable bonds is 3. The van der Waals surface area contributed by atoms with Crippen LogP contribution in [-0.4, -0.2) is 15.0 Å². The van der Waals surface area contributed by atoms with Crippen LogP contribution in [-0.2, 0) is 20.6 Å². The SMILES string of the molecule is Cn1c(=O)n(C)c2cc(CNC(=O)c3ccc(F)cc3)ccc21. The van der Waals surface area contributed by atoms with Crippen LogP contribution in [0.3, 0.4) is 0 Å². The second kappa shape index (κ2) is 5.72. The first-order valence-electron chi connectivity index (χ1n) is 7.15. The van der Waals surface area contributed by atoms with Gasteiger partial charge in [0, 0.05) is 26.2 Å². The highest BCUT2D eigenvalue weighted by Crippen LogP contribution is 2.14. The fourth-order valence-corrected chi connectivity index (χ4v) is 2.55. The van der Waals surface area contributed by atoms with Crippen molar-refractivity contribution in [3.8, 4) is 0 Å². The van der Waals surface area contributed by atoms with Gasteiger partial charge in [0.2, 0.25) is 0 Å². The van der Waals surface area contributed by atoms with E-state index in [-0.39, 0.29) is 17.4 Å². The number of carbonyl (C=O) groups excluding carboxylic acids is 1. The van der Waals surface area contributed by atoms with Crippen LogP contribution in [0.4, 0.5) is 4.39 Å². The molecule has 0 spiro atoms. The molecule has 0 atom stereocenters. The van der Waals surface area contributed by atoms with Gasteiger partial charge in [-0.2, -0.15) is 0 Å². The monoisotopic (exact) mass is 313 g/mol. The standard InChI is InChI=1S/C17H16FN3O2/c1-20-14-8-3-11(9-15(14)21(2)17(20)23)10-19-16(22)12-4-6-13(18)7-5-12/h3-9H,10H2,1-2H3,(H,19,22). The maximum absolute atomic E-state index is 12.9. The topological polar surface area (TPSA) is 56.0 Å². The van der Waals surface area contributed by atoms with Crippen LogP contribution in [0.1, 0.15) is 15.9 Å². The number of carbonyl (C=O) groups is 1. The van der Waals surface area contributed by atoms with Crippen LogP contribution in [0.5, 0.6) is 0 Å². The number of amides is 1. The zero-order chi connectivity index (χ0) is 16.6. The van der Waals surface area contributed by atoms with Crippen molar-refractivity contribution in [3.05, 3.63) is 69.9 Å². The number of nitrogens with zero attached hydrogens (tertiary/aromatic N) is 2. The Morgan fingerprint density at radius 2 is 1.70 bits per heavy atom. The molecule has 0 saturated heterocycles. The van der Waals surface area contributed by atoms with Crippen molar-refractivity contribution in [1.29, 1.82) is 0 Å². The van der Waals surface area contributed by atoms with Crippen molar-refractivity contribution < 1.29 is 9.18 Å². The van der Waals surface area contributed by atoms with Crippen LogP contribution in [0.15, 0.2) is 47.3 Å². The van der Waals surface area contributed by atoms with Gasteiger partial charge in [-0.1, -0.05) is 6.07 Å². The Bertz CT molecular complexity index is 939. The largest absolute Gasteiger partial charge is 0.348 e. The summed E-state index contributed by atoms with van der Waals surface area (Å²) in [6, 6.07) is 11.0. The Kier molecular flexibility index (Phi) is 3.73. The highest BCUT2D eigenvalue weighted by Gasteiger charge is 2.09. The molecular weight excluding hydrogens is 297 g/mol. The van der Waals surface area contributed by atoms with Crippen LogP contribution in [0, 0.1) is 5.82 Å². The lowest BCUT2D eigenvalue weighted by atomic mass is 10.1. The number of hydrogen-bond acceptors (Lipinski definition) is 2. The second-order valence-electron chi connectivity index (χ2n) is 5.41. The summed E-state index contributed by atoms with van der Waals surface area (Å²) in [6.45, 7) is 0.329. The fourth-order valence-electron chi connectivity index (χ4n) is 2.55. The third-order valence-corrected chi connectivity index (χ3v) is 3.90. The van der Waals surface area contributed by atoms with Gasteiger partial charge in [0.15, 0.2) is 0 Å². The number of aryl methyl sites for hydroxylation is 2. The lowest BCUT2D eigenvalue weighted by Crippen LogP contribution is -2.22. The molecule has 3 rings (SSSR count). The van der Waals surface area contributed by atoms with Crippen LogP contribution < -0.4 is 11.0 Å². The van der Waals surface area contributed by atoms with Crippen molar-refractivity contribution in [2.24, 2.45) is 14.1 Å². The highest BCUT2D eigenvalue weighted by atomic mass is 19.1. The van der Waals surface area contributed by atoms with Gasteiger partial charge >= 0.3 is 5.69 Å². The zero-order valence-corrected chi connectivity index (χ0v) is 12.8. The number of fused-ring (bicyclic) bond motifs is 1. The molecule has 0 aliphatic carbocycles. The van der Waals surface area contributed by atoms with Gasteiger partial charge in [-0.15, -0.1) is 0 Å². The molecule has 6 heteroatoms. The van der Waals surface area contributed by atoms with Gasteiger partial charge in [-0.05, 0) is 42.0 Å². The predicted octanol–water partition coefficient (Wildman–Crippen LogP) is 1.95. The fraction of sp³-hybridized carbons (Fsp3) is 0.176. The molecule has 0 unspecified atom stereocenters. The lowest BCUT2D eigenvalue weighted by Gasteiger charge is -2.06. The van der Waals surface area contributed by atoms with E-state index < -0.39 is 0 Å². The molecule has 1 heterocycles. The third kappa shape index (κ3) is 2.75. The molecule has 1 N–H and O–H groups in total. The minimum Gasteiger partial charge on any atom is -0.348 e. The molecule has 23 heavy (non-hydrogen) atoms. The van der Waals surface area contributed by atoms with E-state index in [4.69, 9.17) is 0 Å². The third-order valence-electron chi connectivity index (χ3n) is 3.90. The Morgan fingerprint density at radius 3 is 2.39 bits per heavy atom. The van der Waals surface area contributed by atoms with Gasteiger partial charge in [-0.25, -0.2) is 9.18 Å². The number of imidazole rings is 1. The summed E-state index contributed by atoms with van der Waals surface area (Å²) < 4.78 is 16.0. The Hall–Kier alpha value is -2.89. The molecule has 1 amide bonds. The first-order valence-corrected chi connectivity index (χ1v) is 7.15. The van der Waals surface area contributed by atoms with Gasteiger partial charge in [-0.3, -0.25) is 13.9 Å². The summed E-state index contributed by atoms with van der Waals surface area (Å²) in [4.78, 5) is 23.9. The average molecular weight is 313 g/mol. The predicted molar refractivity (Wildman–Crippen MR) is 85.7 cm³/mol.